The first kappa shape index (κ1) is 16.6. The van der Waals surface area contributed by atoms with E-state index in [9.17, 15) is 0 Å². The van der Waals surface area contributed by atoms with Gasteiger partial charge in [0.15, 0.2) is 0 Å². The van der Waals surface area contributed by atoms with Crippen LogP contribution in [-0.2, 0) is 0 Å². The second-order valence-electron chi connectivity index (χ2n) is 7.53. The maximum atomic E-state index is 6.50. The third-order valence-electron chi connectivity index (χ3n) is 5.89. The fraction of sp³-hybridized carbons (Fsp3) is 0. The highest BCUT2D eigenvalue weighted by atomic mass is 35.5. The summed E-state index contributed by atoms with van der Waals surface area (Å²) in [7, 11) is 0. The minimum atomic E-state index is 0.780. The molecule has 29 heavy (non-hydrogen) atoms. The van der Waals surface area contributed by atoms with Crippen molar-refractivity contribution in [3.63, 3.8) is 0 Å². The molecule has 0 saturated heterocycles. The molecular formula is C28H17Cl. The third-order valence-corrected chi connectivity index (χ3v) is 6.22. The van der Waals surface area contributed by atoms with E-state index in [0.29, 0.717) is 0 Å². The highest BCUT2D eigenvalue weighted by Crippen LogP contribution is 2.38. The summed E-state index contributed by atoms with van der Waals surface area (Å²) in [6, 6.07) is 36.7. The Labute approximate surface area is 174 Å². The fourth-order valence-electron chi connectivity index (χ4n) is 4.50. The van der Waals surface area contributed by atoms with Crippen LogP contribution < -0.4 is 0 Å². The predicted molar refractivity (Wildman–Crippen MR) is 127 cm³/mol. The normalized spacial score (nSPS) is 11.6. The van der Waals surface area contributed by atoms with Crippen LogP contribution in [0.2, 0.25) is 5.02 Å². The zero-order chi connectivity index (χ0) is 19.4. The Balaban J connectivity index is 1.82. The van der Waals surface area contributed by atoms with Crippen LogP contribution in [0.3, 0.4) is 0 Å². The molecule has 0 saturated carbocycles. The summed E-state index contributed by atoms with van der Waals surface area (Å²) < 4.78 is 0. The number of hydrogen-bond donors (Lipinski definition) is 0. The average Bonchev–Trinajstić information content (AvgIpc) is 2.78. The number of hydrogen-bond acceptors (Lipinski definition) is 0. The summed E-state index contributed by atoms with van der Waals surface area (Å²) in [6.07, 6.45) is 0. The minimum absolute atomic E-state index is 0.780. The molecule has 0 nitrogen and oxygen atoms in total. The van der Waals surface area contributed by atoms with E-state index in [-0.39, 0.29) is 0 Å². The quantitative estimate of drug-likeness (QED) is 0.247. The number of benzene rings is 6. The highest BCUT2D eigenvalue weighted by Gasteiger charge is 2.10. The zero-order valence-electron chi connectivity index (χ0n) is 15.7. The molecule has 0 aliphatic rings. The molecule has 0 fully saturated rings. The van der Waals surface area contributed by atoms with Crippen LogP contribution in [0.25, 0.3) is 54.2 Å². The van der Waals surface area contributed by atoms with Gasteiger partial charge < -0.3 is 0 Å². The Morgan fingerprint density at radius 1 is 0.448 bits per heavy atom. The highest BCUT2D eigenvalue weighted by molar-refractivity contribution is 6.33. The Bertz CT molecular complexity index is 1550. The van der Waals surface area contributed by atoms with Crippen LogP contribution in [0.1, 0.15) is 0 Å². The van der Waals surface area contributed by atoms with Crippen LogP contribution in [0.15, 0.2) is 103 Å². The van der Waals surface area contributed by atoms with Gasteiger partial charge in [-0.05, 0) is 60.8 Å². The molecule has 0 radical (unpaired) electrons. The van der Waals surface area contributed by atoms with Crippen molar-refractivity contribution in [1.29, 1.82) is 0 Å². The van der Waals surface area contributed by atoms with Gasteiger partial charge in [-0.2, -0.15) is 0 Å². The van der Waals surface area contributed by atoms with E-state index in [4.69, 9.17) is 11.6 Å². The summed E-state index contributed by atoms with van der Waals surface area (Å²) in [5.74, 6) is 0. The first-order valence-electron chi connectivity index (χ1n) is 9.81. The molecule has 0 unspecified atom stereocenters. The molecule has 0 N–H and O–H groups in total. The van der Waals surface area contributed by atoms with Crippen molar-refractivity contribution < 1.29 is 0 Å². The summed E-state index contributed by atoms with van der Waals surface area (Å²) in [4.78, 5) is 0. The summed E-state index contributed by atoms with van der Waals surface area (Å²) >= 11 is 6.50. The summed E-state index contributed by atoms with van der Waals surface area (Å²) in [6.45, 7) is 0. The SMILES string of the molecule is Clc1ccccc1-c1ccc2ccc3ccc4ccc5ccccc5c4c3c2c1. The van der Waals surface area contributed by atoms with Gasteiger partial charge in [-0.25, -0.2) is 0 Å². The summed E-state index contributed by atoms with van der Waals surface area (Å²) in [5, 5.41) is 11.0. The second-order valence-corrected chi connectivity index (χ2v) is 7.94. The van der Waals surface area contributed by atoms with E-state index in [2.05, 4.69) is 84.9 Å². The molecule has 0 amide bonds. The maximum absolute atomic E-state index is 6.50. The monoisotopic (exact) mass is 388 g/mol. The lowest BCUT2D eigenvalue weighted by Crippen LogP contribution is -1.85. The average molecular weight is 389 g/mol. The van der Waals surface area contributed by atoms with Crippen LogP contribution >= 0.6 is 11.6 Å². The van der Waals surface area contributed by atoms with Crippen LogP contribution in [0.4, 0.5) is 0 Å². The molecule has 6 aromatic rings. The molecule has 0 aromatic heterocycles. The van der Waals surface area contributed by atoms with Crippen molar-refractivity contribution in [2.45, 2.75) is 0 Å². The van der Waals surface area contributed by atoms with Crippen molar-refractivity contribution in [2.75, 3.05) is 0 Å². The Morgan fingerprint density at radius 2 is 1.00 bits per heavy atom. The van der Waals surface area contributed by atoms with E-state index in [1.54, 1.807) is 0 Å². The summed E-state index contributed by atoms with van der Waals surface area (Å²) in [5.41, 5.74) is 2.21. The molecule has 1 heteroatoms. The molecule has 0 bridgehead atoms. The number of halogens is 1. The minimum Gasteiger partial charge on any atom is -0.0837 e. The van der Waals surface area contributed by atoms with Crippen LogP contribution in [-0.4, -0.2) is 0 Å². The lowest BCUT2D eigenvalue weighted by molar-refractivity contribution is 1.65. The molecule has 6 rings (SSSR count). The van der Waals surface area contributed by atoms with Gasteiger partial charge in [-0.3, -0.25) is 0 Å². The van der Waals surface area contributed by atoms with Crippen molar-refractivity contribution in [1.82, 2.24) is 0 Å². The van der Waals surface area contributed by atoms with Gasteiger partial charge in [0.1, 0.15) is 0 Å². The molecule has 0 heterocycles. The lowest BCUT2D eigenvalue weighted by atomic mass is 9.91. The van der Waals surface area contributed by atoms with Crippen LogP contribution in [0, 0.1) is 0 Å². The fourth-order valence-corrected chi connectivity index (χ4v) is 4.75. The van der Waals surface area contributed by atoms with E-state index in [0.717, 1.165) is 16.1 Å². The first-order valence-corrected chi connectivity index (χ1v) is 10.2. The largest absolute Gasteiger partial charge is 0.0837 e. The smallest absolute Gasteiger partial charge is 0.0484 e. The molecular weight excluding hydrogens is 372 g/mol. The number of rotatable bonds is 1. The zero-order valence-corrected chi connectivity index (χ0v) is 16.4. The van der Waals surface area contributed by atoms with Gasteiger partial charge in [0.25, 0.3) is 0 Å². The topological polar surface area (TPSA) is 0 Å². The Morgan fingerprint density at radius 3 is 1.76 bits per heavy atom. The van der Waals surface area contributed by atoms with Gasteiger partial charge in [0, 0.05) is 10.6 Å². The lowest BCUT2D eigenvalue weighted by Gasteiger charge is -2.12. The third kappa shape index (κ3) is 2.53. The van der Waals surface area contributed by atoms with E-state index in [1.807, 2.05) is 18.2 Å². The predicted octanol–water partition coefficient (Wildman–Crippen LogP) is 8.62. The van der Waals surface area contributed by atoms with Gasteiger partial charge in [-0.15, -0.1) is 0 Å². The molecule has 136 valence electrons. The molecule has 6 aromatic carbocycles. The van der Waals surface area contributed by atoms with E-state index in [1.165, 1.54) is 43.1 Å². The number of fused-ring (bicyclic) bond motifs is 7. The Kier molecular flexibility index (Phi) is 3.62. The van der Waals surface area contributed by atoms with Gasteiger partial charge in [0.05, 0.1) is 0 Å². The molecule has 0 spiro atoms. The first-order chi connectivity index (χ1) is 14.3. The van der Waals surface area contributed by atoms with Crippen molar-refractivity contribution in [3.8, 4) is 11.1 Å². The van der Waals surface area contributed by atoms with E-state index < -0.39 is 0 Å². The van der Waals surface area contributed by atoms with Gasteiger partial charge in [0.2, 0.25) is 0 Å². The maximum Gasteiger partial charge on any atom is 0.0484 e. The standard InChI is InChI=1S/C28H17Cl/c29-26-8-4-3-6-23(26)22-16-11-19-10-13-21-15-14-20-12-9-18-5-1-2-7-24(18)27(20)28(21)25(19)17-22/h1-17H. The van der Waals surface area contributed by atoms with Gasteiger partial charge >= 0.3 is 0 Å². The van der Waals surface area contributed by atoms with Crippen molar-refractivity contribution in [3.05, 3.63) is 108 Å². The molecule has 0 aliphatic heterocycles. The molecule has 0 atom stereocenters. The van der Waals surface area contributed by atoms with Crippen LogP contribution in [0.5, 0.6) is 0 Å². The van der Waals surface area contributed by atoms with Gasteiger partial charge in [-0.1, -0.05) is 103 Å². The van der Waals surface area contributed by atoms with Crippen molar-refractivity contribution >= 4 is 54.7 Å². The van der Waals surface area contributed by atoms with Crippen molar-refractivity contribution in [2.24, 2.45) is 0 Å². The molecule has 0 aliphatic carbocycles. The Hall–Kier alpha value is -3.35. The second kappa shape index (κ2) is 6.34. The van der Waals surface area contributed by atoms with E-state index >= 15 is 0 Å².